The number of halogens is 1. The van der Waals surface area contributed by atoms with Gasteiger partial charge in [0.1, 0.15) is 0 Å². The maximum Gasteiger partial charge on any atom is 0.261 e. The molecular formula is C29H43BrOSi. The SMILES string of the molecule is CC(C)(C)[Si](OCCCCC/C=C\CCCCCCBr)(c1ccccc1)c1ccccc1. The molecule has 0 heterocycles. The van der Waals surface area contributed by atoms with Crippen LogP contribution in [0.4, 0.5) is 0 Å². The molecule has 0 aromatic heterocycles. The Kier molecular flexibility index (Phi) is 12.6. The number of hydrogen-bond donors (Lipinski definition) is 0. The highest BCUT2D eigenvalue weighted by atomic mass is 79.9. The van der Waals surface area contributed by atoms with E-state index in [0.717, 1.165) is 18.4 Å². The second-order valence-corrected chi connectivity index (χ2v) is 14.8. The predicted octanol–water partition coefficient (Wildman–Crippen LogP) is 8.03. The Morgan fingerprint density at radius 3 is 1.62 bits per heavy atom. The number of hydrogen-bond acceptors (Lipinski definition) is 1. The van der Waals surface area contributed by atoms with E-state index < -0.39 is 8.32 Å². The Morgan fingerprint density at radius 1 is 0.688 bits per heavy atom. The van der Waals surface area contributed by atoms with Crippen LogP contribution in [0.25, 0.3) is 0 Å². The standard InChI is InChI=1S/C29H43BrOSi/c1-29(2,3)32(27-21-15-13-16-22-27,28-23-17-14-18-24-28)31-26-20-12-10-8-6-4-5-7-9-11-19-25-30/h4,6,13-18,21-24H,5,7-12,19-20,25-26H2,1-3H3/b6-4-. The van der Waals surface area contributed by atoms with Gasteiger partial charge in [-0.15, -0.1) is 0 Å². The molecule has 2 aromatic carbocycles. The van der Waals surface area contributed by atoms with Crippen LogP contribution in [0.3, 0.4) is 0 Å². The summed E-state index contributed by atoms with van der Waals surface area (Å²) in [7, 11) is -2.37. The van der Waals surface area contributed by atoms with Gasteiger partial charge in [0, 0.05) is 11.9 Å². The van der Waals surface area contributed by atoms with Crippen molar-refractivity contribution in [1.82, 2.24) is 0 Å². The maximum absolute atomic E-state index is 6.98. The third-order valence-electron chi connectivity index (χ3n) is 6.17. The first-order valence-electron chi connectivity index (χ1n) is 12.5. The highest BCUT2D eigenvalue weighted by molar-refractivity contribution is 9.09. The molecule has 2 aromatic rings. The minimum atomic E-state index is -2.37. The van der Waals surface area contributed by atoms with E-state index in [1.54, 1.807) is 0 Å². The molecule has 0 aliphatic heterocycles. The molecule has 0 unspecified atom stereocenters. The van der Waals surface area contributed by atoms with Crippen LogP contribution >= 0.6 is 15.9 Å². The van der Waals surface area contributed by atoms with Crippen molar-refractivity contribution in [2.75, 3.05) is 11.9 Å². The molecule has 0 radical (unpaired) electrons. The van der Waals surface area contributed by atoms with Crippen molar-refractivity contribution < 1.29 is 4.43 Å². The summed E-state index contributed by atoms with van der Waals surface area (Å²) in [5.41, 5.74) is 0. The van der Waals surface area contributed by atoms with Crippen molar-refractivity contribution in [3.05, 3.63) is 72.8 Å². The first-order valence-corrected chi connectivity index (χ1v) is 15.5. The Morgan fingerprint density at radius 2 is 1.16 bits per heavy atom. The third-order valence-corrected chi connectivity index (χ3v) is 11.8. The van der Waals surface area contributed by atoms with E-state index in [2.05, 4.69) is 110 Å². The molecule has 1 nitrogen and oxygen atoms in total. The van der Waals surface area contributed by atoms with Gasteiger partial charge in [-0.3, -0.25) is 0 Å². The zero-order chi connectivity index (χ0) is 23.1. The van der Waals surface area contributed by atoms with E-state index in [4.69, 9.17) is 4.43 Å². The summed E-state index contributed by atoms with van der Waals surface area (Å²) in [6.07, 6.45) is 16.2. The minimum Gasteiger partial charge on any atom is -0.407 e. The van der Waals surface area contributed by atoms with Gasteiger partial charge in [0.25, 0.3) is 8.32 Å². The van der Waals surface area contributed by atoms with Crippen LogP contribution in [-0.4, -0.2) is 20.3 Å². The van der Waals surface area contributed by atoms with Crippen LogP contribution in [-0.2, 0) is 4.43 Å². The van der Waals surface area contributed by atoms with E-state index in [1.807, 2.05) is 0 Å². The number of rotatable bonds is 15. The van der Waals surface area contributed by atoms with Gasteiger partial charge < -0.3 is 4.43 Å². The molecule has 0 saturated carbocycles. The largest absolute Gasteiger partial charge is 0.407 e. The molecule has 2 rings (SSSR count). The summed E-state index contributed by atoms with van der Waals surface area (Å²) in [5.74, 6) is 0. The second-order valence-electron chi connectivity index (χ2n) is 9.72. The summed E-state index contributed by atoms with van der Waals surface area (Å²) >= 11 is 3.50. The first-order chi connectivity index (χ1) is 15.5. The molecule has 176 valence electrons. The van der Waals surface area contributed by atoms with Crippen LogP contribution in [0, 0.1) is 0 Å². The fraction of sp³-hybridized carbons (Fsp3) is 0.517. The van der Waals surface area contributed by atoms with Gasteiger partial charge >= 0.3 is 0 Å². The highest BCUT2D eigenvalue weighted by Crippen LogP contribution is 2.36. The smallest absolute Gasteiger partial charge is 0.261 e. The Bertz CT molecular complexity index is 712. The van der Waals surface area contributed by atoms with Crippen molar-refractivity contribution in [2.45, 2.75) is 83.6 Å². The molecule has 0 atom stereocenters. The highest BCUT2D eigenvalue weighted by Gasteiger charge is 2.49. The Labute approximate surface area is 206 Å². The lowest BCUT2D eigenvalue weighted by Crippen LogP contribution is -2.66. The summed E-state index contributed by atoms with van der Waals surface area (Å²) in [6, 6.07) is 21.9. The maximum atomic E-state index is 6.98. The van der Waals surface area contributed by atoms with Crippen LogP contribution in [0.5, 0.6) is 0 Å². The molecular weight excluding hydrogens is 472 g/mol. The van der Waals surface area contributed by atoms with Gasteiger partial charge in [-0.2, -0.15) is 0 Å². The van der Waals surface area contributed by atoms with E-state index >= 15 is 0 Å². The molecule has 0 fully saturated rings. The molecule has 0 saturated heterocycles. The Balaban J connectivity index is 1.87. The van der Waals surface area contributed by atoms with E-state index in [1.165, 1.54) is 61.7 Å². The minimum absolute atomic E-state index is 0.0625. The normalized spacial score (nSPS) is 12.5. The quantitative estimate of drug-likeness (QED) is 0.101. The predicted molar refractivity (Wildman–Crippen MR) is 148 cm³/mol. The molecule has 0 aliphatic carbocycles. The number of allylic oxidation sites excluding steroid dienone is 2. The first kappa shape index (κ1) is 27.1. The van der Waals surface area contributed by atoms with E-state index in [-0.39, 0.29) is 5.04 Å². The van der Waals surface area contributed by atoms with Gasteiger partial charge in [-0.1, -0.05) is 129 Å². The van der Waals surface area contributed by atoms with E-state index in [9.17, 15) is 0 Å². The van der Waals surface area contributed by atoms with Crippen LogP contribution in [0.1, 0.15) is 78.6 Å². The number of benzene rings is 2. The zero-order valence-corrected chi connectivity index (χ0v) is 23.1. The van der Waals surface area contributed by atoms with E-state index in [0.29, 0.717) is 0 Å². The lowest BCUT2D eigenvalue weighted by atomic mass is 10.1. The fourth-order valence-corrected chi connectivity index (χ4v) is 9.48. The van der Waals surface area contributed by atoms with Crippen LogP contribution in [0.2, 0.25) is 5.04 Å². The van der Waals surface area contributed by atoms with Crippen molar-refractivity contribution in [3.63, 3.8) is 0 Å². The third kappa shape index (κ3) is 8.32. The van der Waals surface area contributed by atoms with Gasteiger partial charge in [0.2, 0.25) is 0 Å². The Hall–Kier alpha value is -1.16. The molecule has 0 N–H and O–H groups in total. The molecule has 0 spiro atoms. The molecule has 0 aliphatic rings. The fourth-order valence-electron chi connectivity index (χ4n) is 4.47. The van der Waals surface area contributed by atoms with Crippen molar-refractivity contribution in [2.24, 2.45) is 0 Å². The lowest BCUT2D eigenvalue weighted by molar-refractivity contribution is 0.287. The van der Waals surface area contributed by atoms with Crippen molar-refractivity contribution >= 4 is 34.6 Å². The molecule has 3 heteroatoms. The molecule has 0 bridgehead atoms. The summed E-state index contributed by atoms with van der Waals surface area (Å²) < 4.78 is 6.98. The number of unbranched alkanes of at least 4 members (excludes halogenated alkanes) is 7. The topological polar surface area (TPSA) is 9.23 Å². The van der Waals surface area contributed by atoms with Crippen molar-refractivity contribution in [3.8, 4) is 0 Å². The van der Waals surface area contributed by atoms with Crippen LogP contribution in [0.15, 0.2) is 72.8 Å². The molecule has 0 amide bonds. The second kappa shape index (κ2) is 14.9. The average molecular weight is 516 g/mol. The summed E-state index contributed by atoms with van der Waals surface area (Å²) in [4.78, 5) is 0. The zero-order valence-electron chi connectivity index (χ0n) is 20.5. The van der Waals surface area contributed by atoms with Gasteiger partial charge in [0.05, 0.1) is 0 Å². The van der Waals surface area contributed by atoms with Gasteiger partial charge in [-0.25, -0.2) is 0 Å². The van der Waals surface area contributed by atoms with Gasteiger partial charge in [-0.05, 0) is 53.9 Å². The van der Waals surface area contributed by atoms with Crippen LogP contribution < -0.4 is 10.4 Å². The van der Waals surface area contributed by atoms with Crippen molar-refractivity contribution in [1.29, 1.82) is 0 Å². The summed E-state index contributed by atoms with van der Waals surface area (Å²) in [5, 5.41) is 3.95. The monoisotopic (exact) mass is 514 g/mol. The average Bonchev–Trinajstić information content (AvgIpc) is 2.80. The molecule has 32 heavy (non-hydrogen) atoms. The summed E-state index contributed by atoms with van der Waals surface area (Å²) in [6.45, 7) is 7.89. The lowest BCUT2D eigenvalue weighted by Gasteiger charge is -2.43. The van der Waals surface area contributed by atoms with Gasteiger partial charge in [0.15, 0.2) is 0 Å². The number of alkyl halides is 1.